The van der Waals surface area contributed by atoms with E-state index in [0.717, 1.165) is 5.69 Å². The van der Waals surface area contributed by atoms with Gasteiger partial charge in [-0.1, -0.05) is 17.7 Å². The Morgan fingerprint density at radius 1 is 1.19 bits per heavy atom. The molecule has 110 valence electrons. The van der Waals surface area contributed by atoms with Gasteiger partial charge in [0.25, 0.3) is 5.91 Å². The van der Waals surface area contributed by atoms with Gasteiger partial charge in [-0.3, -0.25) is 4.79 Å². The molecule has 0 saturated carbocycles. The maximum atomic E-state index is 12.3. The number of benzene rings is 2. The Kier molecular flexibility index (Phi) is 4.70. The Morgan fingerprint density at radius 2 is 1.95 bits per heavy atom. The zero-order valence-electron chi connectivity index (χ0n) is 12.2. The minimum Gasteiger partial charge on any atom is -0.495 e. The van der Waals surface area contributed by atoms with Gasteiger partial charge in [0.15, 0.2) is 0 Å². The molecule has 0 atom stereocenters. The summed E-state index contributed by atoms with van der Waals surface area (Å²) in [6.07, 6.45) is 0. The van der Waals surface area contributed by atoms with Crippen molar-refractivity contribution in [1.82, 2.24) is 0 Å². The van der Waals surface area contributed by atoms with Crippen LogP contribution >= 0.6 is 11.6 Å². The maximum absolute atomic E-state index is 12.3. The standard InChI is InChI=1S/C16H17ClN2O2/c1-19(2)13-6-4-5-11(9-13)16(20)18-12-7-8-15(21-3)14(17)10-12/h4-10H,1-3H3,(H,18,20). The predicted octanol–water partition coefficient (Wildman–Crippen LogP) is 3.67. The lowest BCUT2D eigenvalue weighted by molar-refractivity contribution is 0.102. The Bertz CT molecular complexity index is 656. The summed E-state index contributed by atoms with van der Waals surface area (Å²) in [5.74, 6) is 0.393. The lowest BCUT2D eigenvalue weighted by Gasteiger charge is -2.13. The number of ether oxygens (including phenoxy) is 1. The van der Waals surface area contributed by atoms with Gasteiger partial charge in [0.05, 0.1) is 12.1 Å². The van der Waals surface area contributed by atoms with Crippen LogP contribution < -0.4 is 15.0 Å². The molecule has 0 fully saturated rings. The molecule has 1 amide bonds. The Labute approximate surface area is 129 Å². The molecule has 0 aromatic heterocycles. The van der Waals surface area contributed by atoms with Crippen LogP contribution in [-0.2, 0) is 0 Å². The third-order valence-electron chi connectivity index (χ3n) is 3.03. The highest BCUT2D eigenvalue weighted by Crippen LogP contribution is 2.27. The minimum absolute atomic E-state index is 0.181. The van der Waals surface area contributed by atoms with Crippen LogP contribution in [0.25, 0.3) is 0 Å². The van der Waals surface area contributed by atoms with Crippen LogP contribution in [-0.4, -0.2) is 27.1 Å². The molecule has 2 rings (SSSR count). The normalized spacial score (nSPS) is 10.1. The minimum atomic E-state index is -0.181. The zero-order valence-corrected chi connectivity index (χ0v) is 12.9. The average molecular weight is 305 g/mol. The van der Waals surface area contributed by atoms with E-state index in [2.05, 4.69) is 5.32 Å². The highest BCUT2D eigenvalue weighted by molar-refractivity contribution is 6.32. The number of amides is 1. The summed E-state index contributed by atoms with van der Waals surface area (Å²) in [5.41, 5.74) is 2.18. The average Bonchev–Trinajstić information content (AvgIpc) is 2.47. The number of nitrogens with zero attached hydrogens (tertiary/aromatic N) is 1. The molecule has 1 N–H and O–H groups in total. The lowest BCUT2D eigenvalue weighted by atomic mass is 10.1. The molecule has 0 aliphatic carbocycles. The second-order valence-electron chi connectivity index (χ2n) is 4.75. The summed E-state index contributed by atoms with van der Waals surface area (Å²) in [5, 5.41) is 3.27. The first-order valence-electron chi connectivity index (χ1n) is 6.43. The van der Waals surface area contributed by atoms with Crippen LogP contribution in [0.1, 0.15) is 10.4 Å². The molecule has 2 aromatic carbocycles. The van der Waals surface area contributed by atoms with E-state index in [9.17, 15) is 4.79 Å². The van der Waals surface area contributed by atoms with Crippen molar-refractivity contribution in [3.8, 4) is 5.75 Å². The highest BCUT2D eigenvalue weighted by Gasteiger charge is 2.09. The van der Waals surface area contributed by atoms with Crippen molar-refractivity contribution in [3.63, 3.8) is 0 Å². The third-order valence-corrected chi connectivity index (χ3v) is 3.33. The fraction of sp³-hybridized carbons (Fsp3) is 0.188. The topological polar surface area (TPSA) is 41.6 Å². The number of carbonyl (C=O) groups is 1. The van der Waals surface area contributed by atoms with Crippen molar-refractivity contribution < 1.29 is 9.53 Å². The molecular formula is C16H17ClN2O2. The molecule has 0 aliphatic heterocycles. The van der Waals surface area contributed by atoms with E-state index in [-0.39, 0.29) is 5.91 Å². The molecule has 0 bridgehead atoms. The van der Waals surface area contributed by atoms with Gasteiger partial charge in [-0.05, 0) is 36.4 Å². The number of nitrogens with one attached hydrogen (secondary N) is 1. The van der Waals surface area contributed by atoms with Crippen LogP contribution in [0.3, 0.4) is 0 Å². The molecule has 0 heterocycles. The first-order chi connectivity index (χ1) is 10.0. The number of halogens is 1. The van der Waals surface area contributed by atoms with Gasteiger partial charge < -0.3 is 15.0 Å². The van der Waals surface area contributed by atoms with Crippen LogP contribution in [0.2, 0.25) is 5.02 Å². The van der Waals surface area contributed by atoms with Gasteiger partial charge in [0.1, 0.15) is 5.75 Å². The van der Waals surface area contributed by atoms with Gasteiger partial charge in [-0.15, -0.1) is 0 Å². The van der Waals surface area contributed by atoms with E-state index in [0.29, 0.717) is 22.0 Å². The number of rotatable bonds is 4. The second-order valence-corrected chi connectivity index (χ2v) is 5.16. The van der Waals surface area contributed by atoms with Crippen LogP contribution in [0.5, 0.6) is 5.75 Å². The van der Waals surface area contributed by atoms with Crippen molar-refractivity contribution in [2.24, 2.45) is 0 Å². The molecule has 0 radical (unpaired) electrons. The number of anilines is 2. The molecule has 0 unspecified atom stereocenters. The van der Waals surface area contributed by atoms with E-state index in [1.807, 2.05) is 37.2 Å². The predicted molar refractivity (Wildman–Crippen MR) is 86.7 cm³/mol. The van der Waals surface area contributed by atoms with E-state index in [1.54, 1.807) is 31.4 Å². The second kappa shape index (κ2) is 6.50. The van der Waals surface area contributed by atoms with Crippen LogP contribution in [0, 0.1) is 0 Å². The molecular weight excluding hydrogens is 288 g/mol. The summed E-state index contributed by atoms with van der Waals surface area (Å²) in [4.78, 5) is 14.2. The monoisotopic (exact) mass is 304 g/mol. The summed E-state index contributed by atoms with van der Waals surface area (Å²) in [6, 6.07) is 12.5. The zero-order chi connectivity index (χ0) is 15.4. The lowest BCUT2D eigenvalue weighted by Crippen LogP contribution is -2.14. The molecule has 0 aliphatic rings. The van der Waals surface area contributed by atoms with Gasteiger partial charge in [0, 0.05) is 31.0 Å². The Hall–Kier alpha value is -2.20. The van der Waals surface area contributed by atoms with Gasteiger partial charge in [-0.25, -0.2) is 0 Å². The van der Waals surface area contributed by atoms with Crippen molar-refractivity contribution >= 4 is 28.9 Å². The summed E-state index contributed by atoms with van der Waals surface area (Å²) >= 11 is 6.04. The molecule has 5 heteroatoms. The van der Waals surface area contributed by atoms with E-state index in [1.165, 1.54) is 0 Å². The molecule has 0 spiro atoms. The smallest absolute Gasteiger partial charge is 0.255 e. The quantitative estimate of drug-likeness (QED) is 0.937. The SMILES string of the molecule is COc1ccc(NC(=O)c2cccc(N(C)C)c2)cc1Cl. The molecule has 21 heavy (non-hydrogen) atoms. The van der Waals surface area contributed by atoms with Gasteiger partial charge in [-0.2, -0.15) is 0 Å². The fourth-order valence-corrected chi connectivity index (χ4v) is 2.13. The van der Waals surface area contributed by atoms with E-state index < -0.39 is 0 Å². The number of hydrogen-bond donors (Lipinski definition) is 1. The van der Waals surface area contributed by atoms with Crippen LogP contribution in [0.15, 0.2) is 42.5 Å². The van der Waals surface area contributed by atoms with Gasteiger partial charge in [0.2, 0.25) is 0 Å². The largest absolute Gasteiger partial charge is 0.495 e. The van der Waals surface area contributed by atoms with E-state index in [4.69, 9.17) is 16.3 Å². The Balaban J connectivity index is 2.18. The van der Waals surface area contributed by atoms with Crippen molar-refractivity contribution in [2.45, 2.75) is 0 Å². The van der Waals surface area contributed by atoms with Crippen molar-refractivity contribution in [2.75, 3.05) is 31.4 Å². The first-order valence-corrected chi connectivity index (χ1v) is 6.81. The fourth-order valence-electron chi connectivity index (χ4n) is 1.87. The first kappa shape index (κ1) is 15.2. The summed E-state index contributed by atoms with van der Waals surface area (Å²) < 4.78 is 5.08. The highest BCUT2D eigenvalue weighted by atomic mass is 35.5. The number of hydrogen-bond acceptors (Lipinski definition) is 3. The third kappa shape index (κ3) is 3.67. The maximum Gasteiger partial charge on any atom is 0.255 e. The Morgan fingerprint density at radius 3 is 2.57 bits per heavy atom. The number of methoxy groups -OCH3 is 1. The summed E-state index contributed by atoms with van der Waals surface area (Å²) in [7, 11) is 5.41. The van der Waals surface area contributed by atoms with Crippen molar-refractivity contribution in [1.29, 1.82) is 0 Å². The van der Waals surface area contributed by atoms with Gasteiger partial charge >= 0.3 is 0 Å². The molecule has 4 nitrogen and oxygen atoms in total. The number of carbonyl (C=O) groups excluding carboxylic acids is 1. The summed E-state index contributed by atoms with van der Waals surface area (Å²) in [6.45, 7) is 0. The van der Waals surface area contributed by atoms with E-state index >= 15 is 0 Å². The van der Waals surface area contributed by atoms with Crippen LogP contribution in [0.4, 0.5) is 11.4 Å². The molecule has 2 aromatic rings. The molecule has 0 saturated heterocycles. The van der Waals surface area contributed by atoms with Crippen molar-refractivity contribution in [3.05, 3.63) is 53.1 Å².